The maximum Gasteiger partial charge on any atom is 0.331 e. The summed E-state index contributed by atoms with van der Waals surface area (Å²) in [6.07, 6.45) is 0. The first-order valence-electron chi connectivity index (χ1n) is 8.27. The van der Waals surface area contributed by atoms with Crippen molar-refractivity contribution < 1.29 is 23.9 Å². The van der Waals surface area contributed by atoms with E-state index in [1.54, 1.807) is 26.0 Å². The maximum atomic E-state index is 13.1. The molecule has 0 saturated carbocycles. The number of halogens is 1. The number of alkyl halides is 1. The smallest absolute Gasteiger partial charge is 0.331 e. The van der Waals surface area contributed by atoms with Crippen LogP contribution in [0.5, 0.6) is 0 Å². The van der Waals surface area contributed by atoms with Gasteiger partial charge in [-0.25, -0.2) is 4.79 Å². The van der Waals surface area contributed by atoms with Crippen LogP contribution in [-0.4, -0.2) is 46.8 Å². The van der Waals surface area contributed by atoms with Gasteiger partial charge in [0.25, 0.3) is 5.91 Å². The van der Waals surface area contributed by atoms with Gasteiger partial charge in [0.05, 0.1) is 12.2 Å². The second-order valence-electron chi connectivity index (χ2n) is 6.34. The molecule has 1 aromatic rings. The number of benzene rings is 1. The Bertz CT molecular complexity index is 742. The van der Waals surface area contributed by atoms with Gasteiger partial charge in [0.1, 0.15) is 11.3 Å². The van der Waals surface area contributed by atoms with E-state index in [1.807, 2.05) is 18.2 Å². The van der Waals surface area contributed by atoms with E-state index in [-0.39, 0.29) is 19.2 Å². The molecule has 0 aromatic heterocycles. The third-order valence-electron chi connectivity index (χ3n) is 4.29. The summed E-state index contributed by atoms with van der Waals surface area (Å²) in [4.78, 5) is 38.9. The minimum atomic E-state index is -1.50. The van der Waals surface area contributed by atoms with Gasteiger partial charge in [-0.3, -0.25) is 14.5 Å². The molecule has 26 heavy (non-hydrogen) atoms. The second-order valence-corrected chi connectivity index (χ2v) is 6.78. The standard InChI is InChI=1S/C19H22ClNO5/c1-5-25-18(24)15(20)16(22)19(3,4)21-11-26-12(2)14(17(21)23)13-9-7-6-8-10-13/h6-10,15H,5,11H2,1-4H3. The molecule has 1 aliphatic rings. The normalized spacial score (nSPS) is 16.2. The second kappa shape index (κ2) is 7.91. The fourth-order valence-electron chi connectivity index (χ4n) is 2.69. The van der Waals surface area contributed by atoms with Crippen LogP contribution in [0, 0.1) is 0 Å². The van der Waals surface area contributed by atoms with Gasteiger partial charge >= 0.3 is 5.97 Å². The number of hydrogen-bond donors (Lipinski definition) is 0. The van der Waals surface area contributed by atoms with Gasteiger partial charge in [0, 0.05) is 0 Å². The van der Waals surface area contributed by atoms with Crippen molar-refractivity contribution in [2.45, 2.75) is 38.6 Å². The Hall–Kier alpha value is -2.34. The van der Waals surface area contributed by atoms with Gasteiger partial charge in [-0.2, -0.15) is 0 Å². The first-order chi connectivity index (χ1) is 12.2. The van der Waals surface area contributed by atoms with Gasteiger partial charge in [0.2, 0.25) is 0 Å². The molecule has 7 heteroatoms. The van der Waals surface area contributed by atoms with E-state index in [2.05, 4.69) is 0 Å². The minimum absolute atomic E-state index is 0.105. The lowest BCUT2D eigenvalue weighted by Crippen LogP contribution is -2.58. The average Bonchev–Trinajstić information content (AvgIpc) is 2.61. The number of ketones is 1. The number of carbonyl (C=O) groups is 3. The van der Waals surface area contributed by atoms with Gasteiger partial charge < -0.3 is 9.47 Å². The van der Waals surface area contributed by atoms with Crippen molar-refractivity contribution in [3.63, 3.8) is 0 Å². The zero-order chi connectivity index (χ0) is 19.5. The largest absolute Gasteiger partial charge is 0.477 e. The van der Waals surface area contributed by atoms with Crippen LogP contribution in [0.4, 0.5) is 0 Å². The zero-order valence-electron chi connectivity index (χ0n) is 15.2. The van der Waals surface area contributed by atoms with Crippen LogP contribution in [0.3, 0.4) is 0 Å². The summed E-state index contributed by atoms with van der Waals surface area (Å²) in [7, 11) is 0. The Morgan fingerprint density at radius 1 is 1.31 bits per heavy atom. The van der Waals surface area contributed by atoms with Crippen LogP contribution in [0.15, 0.2) is 36.1 Å². The Kier molecular flexibility index (Phi) is 6.08. The van der Waals surface area contributed by atoms with Crippen molar-refractivity contribution in [3.8, 4) is 0 Å². The molecule has 0 bridgehead atoms. The number of rotatable bonds is 6. The SMILES string of the molecule is CCOC(=O)C(Cl)C(=O)C(C)(C)N1COC(C)=C(c2ccccc2)C1=O. The fraction of sp³-hybridized carbons (Fsp3) is 0.421. The minimum Gasteiger partial charge on any atom is -0.477 e. The Morgan fingerprint density at radius 3 is 2.50 bits per heavy atom. The van der Waals surface area contributed by atoms with Gasteiger partial charge in [-0.05, 0) is 33.3 Å². The Labute approximate surface area is 157 Å². The van der Waals surface area contributed by atoms with Crippen LogP contribution in [0.25, 0.3) is 5.57 Å². The molecule has 1 amide bonds. The number of Topliss-reactive ketones (excluding diaryl/α,β-unsaturated/α-hetero) is 1. The molecule has 0 fully saturated rings. The number of hydrogen-bond acceptors (Lipinski definition) is 5. The summed E-state index contributed by atoms with van der Waals surface area (Å²) < 4.78 is 10.4. The lowest BCUT2D eigenvalue weighted by atomic mass is 9.91. The number of amides is 1. The topological polar surface area (TPSA) is 72.9 Å². The summed E-state index contributed by atoms with van der Waals surface area (Å²) in [5.41, 5.74) is -0.285. The summed E-state index contributed by atoms with van der Waals surface area (Å²) in [6.45, 7) is 6.41. The highest BCUT2D eigenvalue weighted by Crippen LogP contribution is 2.31. The third kappa shape index (κ3) is 3.75. The van der Waals surface area contributed by atoms with Gasteiger partial charge in [-0.15, -0.1) is 11.6 Å². The maximum absolute atomic E-state index is 13.1. The molecule has 1 heterocycles. The van der Waals surface area contributed by atoms with E-state index in [1.165, 1.54) is 18.7 Å². The van der Waals surface area contributed by atoms with E-state index >= 15 is 0 Å². The number of ether oxygens (including phenoxy) is 2. The lowest BCUT2D eigenvalue weighted by Gasteiger charge is -2.40. The summed E-state index contributed by atoms with van der Waals surface area (Å²) in [6, 6.07) is 9.06. The number of esters is 1. The molecule has 1 unspecified atom stereocenters. The fourth-order valence-corrected chi connectivity index (χ4v) is 3.02. The average molecular weight is 380 g/mol. The zero-order valence-corrected chi connectivity index (χ0v) is 16.0. The molecule has 6 nitrogen and oxygen atoms in total. The van der Waals surface area contributed by atoms with Crippen molar-refractivity contribution >= 4 is 34.8 Å². The van der Waals surface area contributed by atoms with Gasteiger partial charge in [-0.1, -0.05) is 30.3 Å². The van der Waals surface area contributed by atoms with Gasteiger partial charge in [0.15, 0.2) is 17.9 Å². The monoisotopic (exact) mass is 379 g/mol. The molecule has 1 aliphatic heterocycles. The molecule has 1 atom stereocenters. The van der Waals surface area contributed by atoms with Crippen LogP contribution >= 0.6 is 11.6 Å². The summed E-state index contributed by atoms with van der Waals surface area (Å²) >= 11 is 5.98. The first kappa shape index (κ1) is 20.0. The van der Waals surface area contributed by atoms with E-state index in [0.717, 1.165) is 0 Å². The van der Waals surface area contributed by atoms with Crippen molar-refractivity contribution in [2.24, 2.45) is 0 Å². The van der Waals surface area contributed by atoms with E-state index in [4.69, 9.17) is 21.1 Å². The highest BCUT2D eigenvalue weighted by atomic mass is 35.5. The molecule has 0 saturated heterocycles. The van der Waals surface area contributed by atoms with E-state index in [9.17, 15) is 14.4 Å². The molecule has 1 aromatic carbocycles. The number of allylic oxidation sites excluding steroid dienone is 1. The van der Waals surface area contributed by atoms with Crippen LogP contribution in [0.2, 0.25) is 0 Å². The number of nitrogens with zero attached hydrogens (tertiary/aromatic N) is 1. The molecular formula is C19H22ClNO5. The van der Waals surface area contributed by atoms with Crippen molar-refractivity contribution in [2.75, 3.05) is 13.3 Å². The van der Waals surface area contributed by atoms with Crippen LogP contribution < -0.4 is 0 Å². The van der Waals surface area contributed by atoms with Crippen molar-refractivity contribution in [1.82, 2.24) is 4.90 Å². The third-order valence-corrected chi connectivity index (χ3v) is 4.66. The molecule has 0 radical (unpaired) electrons. The Balaban J connectivity index is 2.32. The molecule has 2 rings (SSSR count). The molecule has 0 aliphatic carbocycles. The number of carbonyl (C=O) groups excluding carboxylic acids is 3. The van der Waals surface area contributed by atoms with E-state index < -0.39 is 22.7 Å². The van der Waals surface area contributed by atoms with Crippen molar-refractivity contribution in [3.05, 3.63) is 41.7 Å². The molecule has 0 N–H and O–H groups in total. The molecular weight excluding hydrogens is 358 g/mol. The summed E-state index contributed by atoms with van der Waals surface area (Å²) in [5.74, 6) is -1.33. The highest BCUT2D eigenvalue weighted by molar-refractivity contribution is 6.42. The predicted molar refractivity (Wildman–Crippen MR) is 97.2 cm³/mol. The quantitative estimate of drug-likeness (QED) is 0.431. The Morgan fingerprint density at radius 2 is 1.92 bits per heavy atom. The summed E-state index contributed by atoms with van der Waals surface area (Å²) in [5, 5.41) is -1.50. The lowest BCUT2D eigenvalue weighted by molar-refractivity contribution is -0.153. The first-order valence-corrected chi connectivity index (χ1v) is 8.71. The highest BCUT2D eigenvalue weighted by Gasteiger charge is 2.46. The van der Waals surface area contributed by atoms with E-state index in [0.29, 0.717) is 16.9 Å². The molecule has 140 valence electrons. The van der Waals surface area contributed by atoms with Crippen LogP contribution in [0.1, 0.15) is 33.3 Å². The van der Waals surface area contributed by atoms with Crippen molar-refractivity contribution in [1.29, 1.82) is 0 Å². The predicted octanol–water partition coefficient (Wildman–Crippen LogP) is 2.75. The molecule has 0 spiro atoms. The van der Waals surface area contributed by atoms with Crippen LogP contribution in [-0.2, 0) is 23.9 Å².